The zero-order valence-corrected chi connectivity index (χ0v) is 18.0. The van der Waals surface area contributed by atoms with E-state index in [1.54, 1.807) is 23.8 Å². The Kier molecular flexibility index (Phi) is 6.37. The second-order valence-electron chi connectivity index (χ2n) is 7.71. The summed E-state index contributed by atoms with van der Waals surface area (Å²) >= 11 is 0. The quantitative estimate of drug-likeness (QED) is 0.558. The maximum atomic E-state index is 13.1. The summed E-state index contributed by atoms with van der Waals surface area (Å²) in [6.45, 7) is 6.23. The molecule has 0 aliphatic carbocycles. The van der Waals surface area contributed by atoms with E-state index in [-0.39, 0.29) is 17.2 Å². The van der Waals surface area contributed by atoms with Crippen LogP contribution in [0.2, 0.25) is 0 Å². The molecule has 1 atom stereocenters. The van der Waals surface area contributed by atoms with Crippen LogP contribution in [0.5, 0.6) is 0 Å². The van der Waals surface area contributed by atoms with Gasteiger partial charge in [-0.15, -0.1) is 0 Å². The normalized spacial score (nSPS) is 12.1. The van der Waals surface area contributed by atoms with Crippen LogP contribution in [0, 0.1) is 13.8 Å². The number of para-hydroxylation sites is 1. The van der Waals surface area contributed by atoms with E-state index in [0.717, 1.165) is 5.69 Å². The Morgan fingerprint density at radius 1 is 1.20 bits per heavy atom. The highest BCUT2D eigenvalue weighted by Crippen LogP contribution is 2.26. The van der Waals surface area contributed by atoms with Gasteiger partial charge in [0.15, 0.2) is 5.82 Å². The average Bonchev–Trinajstić information content (AvgIpc) is 3.01. The summed E-state index contributed by atoms with van der Waals surface area (Å²) in [4.78, 5) is 28.2. The molecule has 0 fully saturated rings. The van der Waals surface area contributed by atoms with Crippen molar-refractivity contribution in [2.45, 2.75) is 26.8 Å². The monoisotopic (exact) mass is 408 g/mol. The first-order valence-electron chi connectivity index (χ1n) is 9.82. The van der Waals surface area contributed by atoms with Gasteiger partial charge in [-0.1, -0.05) is 18.2 Å². The van der Waals surface area contributed by atoms with Crippen LogP contribution < -0.4 is 16.2 Å². The van der Waals surface area contributed by atoms with Crippen LogP contribution in [0.15, 0.2) is 47.4 Å². The van der Waals surface area contributed by atoms with E-state index in [1.165, 1.54) is 0 Å². The van der Waals surface area contributed by atoms with E-state index in [2.05, 4.69) is 20.8 Å². The number of nitrogens with one attached hydrogen (secondary N) is 3. The molecule has 158 valence electrons. The molecule has 3 N–H and O–H groups in total. The van der Waals surface area contributed by atoms with Gasteiger partial charge in [0, 0.05) is 24.5 Å². The number of H-pyrrole nitrogens is 1. The smallest absolute Gasteiger partial charge is 0.263 e. The van der Waals surface area contributed by atoms with Gasteiger partial charge in [-0.3, -0.25) is 14.7 Å². The van der Waals surface area contributed by atoms with Crippen molar-refractivity contribution in [3.63, 3.8) is 0 Å². The van der Waals surface area contributed by atoms with Crippen molar-refractivity contribution in [2.24, 2.45) is 0 Å². The minimum absolute atomic E-state index is 0.0642. The number of aromatic amines is 1. The molecule has 0 aliphatic heterocycles. The summed E-state index contributed by atoms with van der Waals surface area (Å²) in [7, 11) is 3.90. The van der Waals surface area contributed by atoms with Crippen LogP contribution in [0.4, 0.5) is 17.2 Å². The average molecular weight is 409 g/mol. The molecule has 3 rings (SSSR count). The lowest BCUT2D eigenvalue weighted by Gasteiger charge is -2.20. The molecule has 2 heterocycles. The highest BCUT2D eigenvalue weighted by atomic mass is 16.2. The number of rotatable bonds is 7. The van der Waals surface area contributed by atoms with E-state index in [0.29, 0.717) is 29.3 Å². The summed E-state index contributed by atoms with van der Waals surface area (Å²) < 4.78 is 1.60. The fourth-order valence-electron chi connectivity index (χ4n) is 3.39. The van der Waals surface area contributed by atoms with Gasteiger partial charge in [0.2, 0.25) is 0 Å². The van der Waals surface area contributed by atoms with Crippen LogP contribution in [0.25, 0.3) is 0 Å². The fourth-order valence-corrected chi connectivity index (χ4v) is 3.39. The third-order valence-corrected chi connectivity index (χ3v) is 4.88. The minimum Gasteiger partial charge on any atom is -0.337 e. The lowest BCUT2D eigenvalue weighted by Crippen LogP contribution is -2.34. The van der Waals surface area contributed by atoms with E-state index in [1.807, 2.05) is 63.2 Å². The molecule has 3 aromatic rings. The summed E-state index contributed by atoms with van der Waals surface area (Å²) in [5, 5.41) is 13.2. The Morgan fingerprint density at radius 2 is 1.90 bits per heavy atom. The van der Waals surface area contributed by atoms with Crippen LogP contribution in [0.1, 0.15) is 34.6 Å². The van der Waals surface area contributed by atoms with E-state index >= 15 is 0 Å². The molecule has 8 heteroatoms. The van der Waals surface area contributed by atoms with Gasteiger partial charge in [-0.25, -0.2) is 0 Å². The minimum atomic E-state index is -0.454. The molecule has 0 bridgehead atoms. The fraction of sp³-hybridized carbons (Fsp3) is 0.318. The van der Waals surface area contributed by atoms with Crippen LogP contribution >= 0.6 is 0 Å². The Bertz CT molecular complexity index is 1080. The number of hydrogen-bond donors (Lipinski definition) is 3. The molecule has 1 amide bonds. The van der Waals surface area contributed by atoms with Gasteiger partial charge in [0.25, 0.3) is 11.5 Å². The van der Waals surface area contributed by atoms with Gasteiger partial charge in [-0.2, -0.15) is 5.10 Å². The number of carbonyl (C=O) groups is 1. The second kappa shape index (κ2) is 8.96. The Hall–Kier alpha value is -3.39. The molecule has 0 saturated carbocycles. The number of carbonyl (C=O) groups excluding carboxylic acids is 1. The standard InChI is InChI=1S/C22H28N6O2/c1-14-11-12-28(15(2)13-27(4)5)22(30)18(14)21(29)24-19-16(3)25-26-20(19)23-17-9-7-6-8-10-17/h6-12,15H,13H2,1-5H3,(H,24,29)(H2,23,25,26). The number of aromatic nitrogens is 3. The van der Waals surface area contributed by atoms with E-state index < -0.39 is 5.91 Å². The van der Waals surface area contributed by atoms with Crippen molar-refractivity contribution >= 4 is 23.1 Å². The molecular formula is C22H28N6O2. The molecule has 0 aliphatic rings. The number of hydrogen-bond acceptors (Lipinski definition) is 5. The van der Waals surface area contributed by atoms with Gasteiger partial charge in [0.1, 0.15) is 11.3 Å². The first-order valence-corrected chi connectivity index (χ1v) is 9.82. The van der Waals surface area contributed by atoms with Crippen LogP contribution in [-0.2, 0) is 0 Å². The zero-order chi connectivity index (χ0) is 21.8. The molecule has 1 unspecified atom stereocenters. The molecule has 0 radical (unpaired) electrons. The Morgan fingerprint density at radius 3 is 2.57 bits per heavy atom. The zero-order valence-electron chi connectivity index (χ0n) is 18.0. The van der Waals surface area contributed by atoms with Crippen molar-refractivity contribution in [1.29, 1.82) is 0 Å². The number of amides is 1. The van der Waals surface area contributed by atoms with Gasteiger partial charge < -0.3 is 20.1 Å². The van der Waals surface area contributed by atoms with Gasteiger partial charge >= 0.3 is 0 Å². The summed E-state index contributed by atoms with van der Waals surface area (Å²) in [5.41, 5.74) is 2.51. The lowest BCUT2D eigenvalue weighted by molar-refractivity contribution is 0.102. The molecule has 8 nitrogen and oxygen atoms in total. The predicted octanol–water partition coefficient (Wildman–Crippen LogP) is 3.31. The molecule has 0 spiro atoms. The SMILES string of the molecule is Cc1ccn(C(C)CN(C)C)c(=O)c1C(=O)Nc1c(Nc2ccccc2)n[nH]c1C. The van der Waals surface area contributed by atoms with Crippen molar-refractivity contribution in [2.75, 3.05) is 31.3 Å². The first-order chi connectivity index (χ1) is 14.3. The predicted molar refractivity (Wildman–Crippen MR) is 120 cm³/mol. The number of benzene rings is 1. The Labute approximate surface area is 175 Å². The number of pyridine rings is 1. The van der Waals surface area contributed by atoms with Crippen molar-refractivity contribution in [1.82, 2.24) is 19.7 Å². The third-order valence-electron chi connectivity index (χ3n) is 4.88. The lowest BCUT2D eigenvalue weighted by atomic mass is 10.1. The molecule has 1 aromatic carbocycles. The summed E-state index contributed by atoms with van der Waals surface area (Å²) in [5.74, 6) is 0.0338. The van der Waals surface area contributed by atoms with Gasteiger partial charge in [0.05, 0.1) is 5.69 Å². The molecular weight excluding hydrogens is 380 g/mol. The number of aryl methyl sites for hydroxylation is 2. The largest absolute Gasteiger partial charge is 0.337 e. The highest BCUT2D eigenvalue weighted by molar-refractivity contribution is 6.06. The Balaban J connectivity index is 1.90. The topological polar surface area (TPSA) is 95.1 Å². The first kappa shape index (κ1) is 21.3. The third kappa shape index (κ3) is 4.60. The van der Waals surface area contributed by atoms with E-state index in [4.69, 9.17) is 0 Å². The summed E-state index contributed by atoms with van der Waals surface area (Å²) in [6.07, 6.45) is 1.74. The molecule has 0 saturated heterocycles. The molecule has 30 heavy (non-hydrogen) atoms. The number of nitrogens with zero attached hydrogens (tertiary/aromatic N) is 3. The summed E-state index contributed by atoms with van der Waals surface area (Å²) in [6, 6.07) is 11.3. The maximum Gasteiger partial charge on any atom is 0.263 e. The van der Waals surface area contributed by atoms with Gasteiger partial charge in [-0.05, 0) is 58.6 Å². The van der Waals surface area contributed by atoms with E-state index in [9.17, 15) is 9.59 Å². The highest BCUT2D eigenvalue weighted by Gasteiger charge is 2.21. The van der Waals surface area contributed by atoms with Crippen molar-refractivity contribution < 1.29 is 4.79 Å². The van der Waals surface area contributed by atoms with Crippen molar-refractivity contribution in [3.05, 3.63) is 69.8 Å². The second-order valence-corrected chi connectivity index (χ2v) is 7.71. The van der Waals surface area contributed by atoms with Crippen LogP contribution in [0.3, 0.4) is 0 Å². The number of likely N-dealkylation sites (N-methyl/N-ethyl adjacent to an activating group) is 1. The molecule has 2 aromatic heterocycles. The van der Waals surface area contributed by atoms with Crippen LogP contribution in [-0.4, -0.2) is 46.2 Å². The maximum absolute atomic E-state index is 13.1. The number of anilines is 3. The van der Waals surface area contributed by atoms with Crippen molar-refractivity contribution in [3.8, 4) is 0 Å².